The van der Waals surface area contributed by atoms with Gasteiger partial charge in [0.25, 0.3) is 0 Å². The van der Waals surface area contributed by atoms with Gasteiger partial charge in [-0.2, -0.15) is 0 Å². The first kappa shape index (κ1) is 11.3. The molecule has 0 aliphatic heterocycles. The first-order valence-corrected chi connectivity index (χ1v) is 3.93. The van der Waals surface area contributed by atoms with E-state index in [0.717, 1.165) is 6.54 Å². The lowest BCUT2D eigenvalue weighted by Gasteiger charge is -2.11. The molecule has 0 fully saturated rings. The third-order valence-electron chi connectivity index (χ3n) is 1.38. The zero-order chi connectivity index (χ0) is 9.40. The van der Waals surface area contributed by atoms with Crippen LogP contribution in [0.3, 0.4) is 0 Å². The van der Waals surface area contributed by atoms with Crippen molar-refractivity contribution in [1.82, 2.24) is 9.91 Å². The standard InChI is InChI=1S/C7H17N3O2/c1-9(2)4-6-12-7-5-10(3)8-11/h4-7H2,1-3H3. The van der Waals surface area contributed by atoms with Crippen LogP contribution >= 0.6 is 0 Å². The second-order valence-corrected chi connectivity index (χ2v) is 2.88. The maximum absolute atomic E-state index is 9.89. The van der Waals surface area contributed by atoms with Gasteiger partial charge in [0, 0.05) is 13.6 Å². The van der Waals surface area contributed by atoms with Gasteiger partial charge < -0.3 is 9.64 Å². The van der Waals surface area contributed by atoms with Crippen LogP contribution in [0, 0.1) is 4.91 Å². The van der Waals surface area contributed by atoms with Crippen LogP contribution in [0.2, 0.25) is 0 Å². The van der Waals surface area contributed by atoms with E-state index < -0.39 is 0 Å². The van der Waals surface area contributed by atoms with E-state index in [9.17, 15) is 4.91 Å². The highest BCUT2D eigenvalue weighted by atomic mass is 16.5. The Hall–Kier alpha value is -0.680. The summed E-state index contributed by atoms with van der Waals surface area (Å²) in [5.41, 5.74) is 0. The Kier molecular flexibility index (Phi) is 6.60. The highest BCUT2D eigenvalue weighted by molar-refractivity contribution is 4.43. The fourth-order valence-corrected chi connectivity index (χ4v) is 0.587. The molecule has 0 radical (unpaired) electrons. The molecular formula is C7H17N3O2. The van der Waals surface area contributed by atoms with Gasteiger partial charge >= 0.3 is 0 Å². The molecule has 0 heterocycles. The van der Waals surface area contributed by atoms with Crippen molar-refractivity contribution in [2.24, 2.45) is 5.29 Å². The SMILES string of the molecule is CN(C)CCOCCN(C)N=O. The smallest absolute Gasteiger partial charge is 0.0660 e. The maximum Gasteiger partial charge on any atom is 0.0660 e. The number of hydrogen-bond donors (Lipinski definition) is 0. The molecular weight excluding hydrogens is 158 g/mol. The predicted octanol–water partition coefficient (Wildman–Crippen LogP) is 0.178. The van der Waals surface area contributed by atoms with Crippen LogP contribution in [0.5, 0.6) is 0 Å². The lowest BCUT2D eigenvalue weighted by molar-refractivity contribution is 0.0992. The van der Waals surface area contributed by atoms with Crippen LogP contribution < -0.4 is 0 Å². The fourth-order valence-electron chi connectivity index (χ4n) is 0.587. The van der Waals surface area contributed by atoms with E-state index in [0.29, 0.717) is 19.8 Å². The summed E-state index contributed by atoms with van der Waals surface area (Å²) in [4.78, 5) is 11.9. The van der Waals surface area contributed by atoms with Gasteiger partial charge in [-0.1, -0.05) is 0 Å². The van der Waals surface area contributed by atoms with E-state index >= 15 is 0 Å². The van der Waals surface area contributed by atoms with Crippen LogP contribution in [0.25, 0.3) is 0 Å². The largest absolute Gasteiger partial charge is 0.378 e. The Morgan fingerprint density at radius 1 is 1.17 bits per heavy atom. The number of ether oxygens (including phenoxy) is 1. The number of nitrogens with zero attached hydrogens (tertiary/aromatic N) is 3. The molecule has 0 aromatic carbocycles. The normalized spacial score (nSPS) is 10.3. The molecule has 0 spiro atoms. The molecule has 0 aliphatic carbocycles. The van der Waals surface area contributed by atoms with Crippen molar-refractivity contribution in [3.8, 4) is 0 Å². The Balaban J connectivity index is 3.05. The second-order valence-electron chi connectivity index (χ2n) is 2.88. The molecule has 5 heteroatoms. The molecule has 72 valence electrons. The Morgan fingerprint density at radius 2 is 1.75 bits per heavy atom. The van der Waals surface area contributed by atoms with Crippen LogP contribution in [0.15, 0.2) is 5.29 Å². The zero-order valence-corrected chi connectivity index (χ0v) is 7.99. The highest BCUT2D eigenvalue weighted by Gasteiger charge is 1.94. The van der Waals surface area contributed by atoms with Crippen molar-refractivity contribution in [2.45, 2.75) is 0 Å². The summed E-state index contributed by atoms with van der Waals surface area (Å²) in [6.07, 6.45) is 0. The zero-order valence-electron chi connectivity index (χ0n) is 7.99. The fraction of sp³-hybridized carbons (Fsp3) is 1.00. The first-order valence-electron chi connectivity index (χ1n) is 3.93. The number of rotatable bonds is 7. The summed E-state index contributed by atoms with van der Waals surface area (Å²) >= 11 is 0. The van der Waals surface area contributed by atoms with Gasteiger partial charge in [0.1, 0.15) is 0 Å². The minimum absolute atomic E-state index is 0.552. The highest BCUT2D eigenvalue weighted by Crippen LogP contribution is 1.83. The lowest BCUT2D eigenvalue weighted by Crippen LogP contribution is -2.21. The molecule has 0 amide bonds. The van der Waals surface area contributed by atoms with E-state index in [1.807, 2.05) is 19.0 Å². The molecule has 0 rings (SSSR count). The quantitative estimate of drug-likeness (QED) is 0.314. The molecule has 5 nitrogen and oxygen atoms in total. The van der Waals surface area contributed by atoms with Crippen LogP contribution in [-0.4, -0.2) is 57.4 Å². The molecule has 0 N–H and O–H groups in total. The number of hydrogen-bond acceptors (Lipinski definition) is 4. The van der Waals surface area contributed by atoms with E-state index in [4.69, 9.17) is 4.74 Å². The van der Waals surface area contributed by atoms with Crippen molar-refractivity contribution >= 4 is 0 Å². The molecule has 0 bridgehead atoms. The summed E-state index contributed by atoms with van der Waals surface area (Å²) in [6.45, 7) is 2.70. The average molecular weight is 175 g/mol. The molecule has 0 aromatic rings. The van der Waals surface area contributed by atoms with E-state index in [-0.39, 0.29) is 0 Å². The van der Waals surface area contributed by atoms with Gasteiger partial charge in [0.05, 0.1) is 25.0 Å². The molecule has 0 saturated heterocycles. The predicted molar refractivity (Wildman–Crippen MR) is 47.8 cm³/mol. The number of likely N-dealkylation sites (N-methyl/N-ethyl adjacent to an activating group) is 2. The van der Waals surface area contributed by atoms with E-state index in [1.165, 1.54) is 5.01 Å². The molecule has 0 saturated carbocycles. The summed E-state index contributed by atoms with van der Waals surface area (Å²) in [7, 11) is 5.60. The molecule has 0 aliphatic rings. The molecule has 0 atom stereocenters. The molecule has 0 aromatic heterocycles. The minimum atomic E-state index is 0.552. The van der Waals surface area contributed by atoms with Crippen LogP contribution in [-0.2, 0) is 4.74 Å². The Morgan fingerprint density at radius 3 is 2.25 bits per heavy atom. The van der Waals surface area contributed by atoms with Crippen molar-refractivity contribution in [3.05, 3.63) is 4.91 Å². The monoisotopic (exact) mass is 175 g/mol. The summed E-state index contributed by atoms with van der Waals surface area (Å²) in [6, 6.07) is 0. The van der Waals surface area contributed by atoms with Crippen molar-refractivity contribution < 1.29 is 4.74 Å². The average Bonchev–Trinajstić information content (AvgIpc) is 2.03. The van der Waals surface area contributed by atoms with Gasteiger partial charge in [-0.3, -0.25) is 5.01 Å². The molecule has 12 heavy (non-hydrogen) atoms. The summed E-state index contributed by atoms with van der Waals surface area (Å²) in [5.74, 6) is 0. The van der Waals surface area contributed by atoms with E-state index in [1.54, 1.807) is 7.05 Å². The van der Waals surface area contributed by atoms with E-state index in [2.05, 4.69) is 5.29 Å². The first-order chi connectivity index (χ1) is 5.66. The third kappa shape index (κ3) is 7.43. The van der Waals surface area contributed by atoms with Crippen molar-refractivity contribution in [3.63, 3.8) is 0 Å². The Bertz CT molecular complexity index is 119. The maximum atomic E-state index is 9.89. The van der Waals surface area contributed by atoms with Gasteiger partial charge in [-0.25, -0.2) is 0 Å². The van der Waals surface area contributed by atoms with Crippen LogP contribution in [0.4, 0.5) is 0 Å². The lowest BCUT2D eigenvalue weighted by atomic mass is 10.6. The van der Waals surface area contributed by atoms with Crippen molar-refractivity contribution in [1.29, 1.82) is 0 Å². The van der Waals surface area contributed by atoms with Gasteiger partial charge in [0.15, 0.2) is 0 Å². The van der Waals surface area contributed by atoms with Crippen molar-refractivity contribution in [2.75, 3.05) is 47.4 Å². The van der Waals surface area contributed by atoms with Gasteiger partial charge in [-0.05, 0) is 14.1 Å². The van der Waals surface area contributed by atoms with Gasteiger partial charge in [-0.15, -0.1) is 4.91 Å². The summed E-state index contributed by atoms with van der Waals surface area (Å²) in [5, 5.41) is 4.03. The summed E-state index contributed by atoms with van der Waals surface area (Å²) < 4.78 is 5.23. The Labute approximate surface area is 73.2 Å². The second kappa shape index (κ2) is 7.00. The topological polar surface area (TPSA) is 45.1 Å². The molecule has 0 unspecified atom stereocenters. The van der Waals surface area contributed by atoms with Gasteiger partial charge in [0.2, 0.25) is 0 Å². The van der Waals surface area contributed by atoms with Crippen LogP contribution in [0.1, 0.15) is 0 Å². The third-order valence-corrected chi connectivity index (χ3v) is 1.38. The minimum Gasteiger partial charge on any atom is -0.378 e. The number of nitroso groups, excluding NO2 is 1.